The van der Waals surface area contributed by atoms with E-state index < -0.39 is 5.60 Å². The van der Waals surface area contributed by atoms with E-state index in [1.165, 1.54) is 11.1 Å². The summed E-state index contributed by atoms with van der Waals surface area (Å²) in [5.41, 5.74) is 2.11. The molecule has 0 aromatic heterocycles. The van der Waals surface area contributed by atoms with Gasteiger partial charge in [0.1, 0.15) is 5.60 Å². The third kappa shape index (κ3) is 5.31. The van der Waals surface area contributed by atoms with Crippen molar-refractivity contribution < 1.29 is 14.3 Å². The number of ether oxygens (including phenoxy) is 2. The molecule has 0 spiro atoms. The Hall–Kier alpha value is -1.59. The van der Waals surface area contributed by atoms with Crippen molar-refractivity contribution in [2.24, 2.45) is 0 Å². The van der Waals surface area contributed by atoms with Gasteiger partial charge in [0.25, 0.3) is 0 Å². The molecule has 2 rings (SSSR count). The number of rotatable bonds is 5. The van der Waals surface area contributed by atoms with Gasteiger partial charge in [-0.3, -0.25) is 0 Å². The molecule has 5 nitrogen and oxygen atoms in total. The van der Waals surface area contributed by atoms with Crippen molar-refractivity contribution in [1.82, 2.24) is 10.6 Å². The van der Waals surface area contributed by atoms with Crippen LogP contribution < -0.4 is 10.6 Å². The number of alkyl carbamates (subject to hydrolysis) is 1. The summed E-state index contributed by atoms with van der Waals surface area (Å²) >= 11 is 0. The zero-order chi connectivity index (χ0) is 16.0. The Morgan fingerprint density at radius 3 is 2.86 bits per heavy atom. The van der Waals surface area contributed by atoms with Crippen LogP contribution in [0.5, 0.6) is 0 Å². The van der Waals surface area contributed by atoms with E-state index >= 15 is 0 Å². The summed E-state index contributed by atoms with van der Waals surface area (Å²) in [6, 6.07) is 8.58. The average molecular weight is 306 g/mol. The van der Waals surface area contributed by atoms with Gasteiger partial charge in [0.15, 0.2) is 0 Å². The first kappa shape index (κ1) is 16.8. The quantitative estimate of drug-likeness (QED) is 0.821. The molecule has 122 valence electrons. The lowest BCUT2D eigenvalue weighted by Gasteiger charge is -2.26. The van der Waals surface area contributed by atoms with Gasteiger partial charge in [-0.2, -0.15) is 0 Å². The highest BCUT2D eigenvalue weighted by Crippen LogP contribution is 2.24. The van der Waals surface area contributed by atoms with Gasteiger partial charge < -0.3 is 20.1 Å². The summed E-state index contributed by atoms with van der Waals surface area (Å²) in [6.07, 6.45) is 0.483. The van der Waals surface area contributed by atoms with Gasteiger partial charge in [-0.15, -0.1) is 0 Å². The van der Waals surface area contributed by atoms with E-state index in [1.807, 2.05) is 26.8 Å². The van der Waals surface area contributed by atoms with Crippen molar-refractivity contribution in [1.29, 1.82) is 0 Å². The SMILES string of the molecule is CC(C)(C)OC(=O)NCCCNC1COCc2ccccc21. The number of carbonyl (C=O) groups is 1. The van der Waals surface area contributed by atoms with Crippen LogP contribution in [0.4, 0.5) is 4.79 Å². The normalized spacial score (nSPS) is 17.7. The monoisotopic (exact) mass is 306 g/mol. The van der Waals surface area contributed by atoms with Crippen LogP contribution in [0.25, 0.3) is 0 Å². The molecule has 1 aliphatic rings. The summed E-state index contributed by atoms with van der Waals surface area (Å²) in [7, 11) is 0. The summed E-state index contributed by atoms with van der Waals surface area (Å²) in [5, 5.41) is 6.25. The highest BCUT2D eigenvalue weighted by atomic mass is 16.6. The van der Waals surface area contributed by atoms with Crippen molar-refractivity contribution in [2.75, 3.05) is 19.7 Å². The van der Waals surface area contributed by atoms with Crippen LogP contribution >= 0.6 is 0 Å². The van der Waals surface area contributed by atoms with E-state index in [9.17, 15) is 4.79 Å². The smallest absolute Gasteiger partial charge is 0.407 e. The molecule has 1 atom stereocenters. The maximum atomic E-state index is 11.5. The fraction of sp³-hybridized carbons (Fsp3) is 0.588. The molecule has 22 heavy (non-hydrogen) atoms. The molecular weight excluding hydrogens is 280 g/mol. The molecule has 0 saturated carbocycles. The fourth-order valence-electron chi connectivity index (χ4n) is 2.42. The zero-order valence-electron chi connectivity index (χ0n) is 13.6. The Kier molecular flexibility index (Phi) is 5.80. The van der Waals surface area contributed by atoms with Crippen LogP contribution in [0.15, 0.2) is 24.3 Å². The van der Waals surface area contributed by atoms with Crippen molar-refractivity contribution in [3.8, 4) is 0 Å². The van der Waals surface area contributed by atoms with Gasteiger partial charge >= 0.3 is 6.09 Å². The predicted octanol–water partition coefficient (Wildman–Crippen LogP) is 2.76. The van der Waals surface area contributed by atoms with Gasteiger partial charge in [-0.05, 0) is 44.9 Å². The number of hydrogen-bond donors (Lipinski definition) is 2. The summed E-state index contributed by atoms with van der Waals surface area (Å²) in [6.45, 7) is 8.36. The zero-order valence-corrected chi connectivity index (χ0v) is 13.6. The lowest BCUT2D eigenvalue weighted by molar-refractivity contribution is 0.0526. The number of benzene rings is 1. The molecule has 0 saturated heterocycles. The van der Waals surface area contributed by atoms with E-state index in [-0.39, 0.29) is 12.1 Å². The number of nitrogens with one attached hydrogen (secondary N) is 2. The van der Waals surface area contributed by atoms with Crippen molar-refractivity contribution in [3.05, 3.63) is 35.4 Å². The van der Waals surface area contributed by atoms with Crippen molar-refractivity contribution >= 4 is 6.09 Å². The summed E-state index contributed by atoms with van der Waals surface area (Å²) in [4.78, 5) is 11.5. The van der Waals surface area contributed by atoms with E-state index in [0.717, 1.165) is 13.0 Å². The molecule has 1 aliphatic heterocycles. The molecule has 2 N–H and O–H groups in total. The van der Waals surface area contributed by atoms with Gasteiger partial charge in [0, 0.05) is 6.54 Å². The van der Waals surface area contributed by atoms with Crippen LogP contribution in [-0.4, -0.2) is 31.4 Å². The minimum absolute atomic E-state index is 0.228. The van der Waals surface area contributed by atoms with Crippen LogP contribution in [0.2, 0.25) is 0 Å². The molecule has 5 heteroatoms. The largest absolute Gasteiger partial charge is 0.444 e. The summed E-state index contributed by atoms with van der Waals surface area (Å²) in [5.74, 6) is 0. The number of fused-ring (bicyclic) bond motifs is 1. The first-order valence-electron chi connectivity index (χ1n) is 7.81. The van der Waals surface area contributed by atoms with E-state index in [1.54, 1.807) is 0 Å². The van der Waals surface area contributed by atoms with Gasteiger partial charge in [0.2, 0.25) is 0 Å². The Bertz CT molecular complexity index is 497. The first-order chi connectivity index (χ1) is 10.5. The topological polar surface area (TPSA) is 59.6 Å². The van der Waals surface area contributed by atoms with Crippen LogP contribution in [0.1, 0.15) is 44.4 Å². The van der Waals surface area contributed by atoms with E-state index in [2.05, 4.69) is 28.8 Å². The second-order valence-electron chi connectivity index (χ2n) is 6.50. The maximum Gasteiger partial charge on any atom is 0.407 e. The van der Waals surface area contributed by atoms with Crippen molar-refractivity contribution in [2.45, 2.75) is 45.4 Å². The Balaban J connectivity index is 1.67. The van der Waals surface area contributed by atoms with E-state index in [4.69, 9.17) is 9.47 Å². The molecule has 0 bridgehead atoms. The van der Waals surface area contributed by atoms with Crippen LogP contribution in [0, 0.1) is 0 Å². The van der Waals surface area contributed by atoms with Crippen molar-refractivity contribution in [3.63, 3.8) is 0 Å². The van der Waals surface area contributed by atoms with Crippen LogP contribution in [-0.2, 0) is 16.1 Å². The molecule has 0 aliphatic carbocycles. The maximum absolute atomic E-state index is 11.5. The highest BCUT2D eigenvalue weighted by molar-refractivity contribution is 5.67. The van der Waals surface area contributed by atoms with E-state index in [0.29, 0.717) is 19.8 Å². The molecule has 1 unspecified atom stereocenters. The molecular formula is C17H26N2O3. The highest BCUT2D eigenvalue weighted by Gasteiger charge is 2.19. The molecule has 1 amide bonds. The van der Waals surface area contributed by atoms with Gasteiger partial charge in [-0.25, -0.2) is 4.79 Å². The molecule has 1 aromatic carbocycles. The third-order valence-electron chi connectivity index (χ3n) is 3.39. The Morgan fingerprint density at radius 1 is 1.32 bits per heavy atom. The fourth-order valence-corrected chi connectivity index (χ4v) is 2.42. The number of hydrogen-bond acceptors (Lipinski definition) is 4. The second kappa shape index (κ2) is 7.61. The molecule has 1 heterocycles. The van der Waals surface area contributed by atoms with Gasteiger partial charge in [-0.1, -0.05) is 24.3 Å². The summed E-state index contributed by atoms with van der Waals surface area (Å²) < 4.78 is 10.8. The average Bonchev–Trinajstić information content (AvgIpc) is 2.45. The third-order valence-corrected chi connectivity index (χ3v) is 3.39. The minimum Gasteiger partial charge on any atom is -0.444 e. The number of carbonyl (C=O) groups excluding carboxylic acids is 1. The first-order valence-corrected chi connectivity index (χ1v) is 7.81. The minimum atomic E-state index is -0.453. The Labute approximate surface area is 132 Å². The standard InChI is InChI=1S/C17H26N2O3/c1-17(2,3)22-16(20)19-10-6-9-18-15-12-21-11-13-7-4-5-8-14(13)15/h4-5,7-8,15,18H,6,9-12H2,1-3H3,(H,19,20). The lowest BCUT2D eigenvalue weighted by atomic mass is 9.99. The van der Waals surface area contributed by atoms with Gasteiger partial charge in [0.05, 0.1) is 19.3 Å². The number of amides is 1. The molecule has 0 radical (unpaired) electrons. The van der Waals surface area contributed by atoms with Crippen LogP contribution in [0.3, 0.4) is 0 Å². The second-order valence-corrected chi connectivity index (χ2v) is 6.50. The molecule has 0 fully saturated rings. The Morgan fingerprint density at radius 2 is 2.09 bits per heavy atom. The molecule has 1 aromatic rings. The predicted molar refractivity (Wildman–Crippen MR) is 85.7 cm³/mol. The lowest BCUT2D eigenvalue weighted by Crippen LogP contribution is -2.35.